The fraction of sp³-hybridized carbons (Fsp3) is 0.233. The van der Waals surface area contributed by atoms with E-state index in [1.165, 1.54) is 13.1 Å². The molecule has 1 aliphatic rings. The van der Waals surface area contributed by atoms with Crippen molar-refractivity contribution in [1.82, 2.24) is 9.55 Å². The number of carbonyl (C=O) groups is 1. The highest BCUT2D eigenvalue weighted by Gasteiger charge is 2.45. The molecule has 4 aromatic rings. The smallest absolute Gasteiger partial charge is 0.351 e. The SMILES string of the molecule is CC(=O)OC[C@H]1O[C@@H](n2ccc(NC(c3ccccc3)(c3ccccc3)c3ccccc3)nc2=O)[C@H](O)[C@@H]1O. The summed E-state index contributed by atoms with van der Waals surface area (Å²) in [6, 6.07) is 31.3. The van der Waals surface area contributed by atoms with Gasteiger partial charge in [0.15, 0.2) is 6.23 Å². The molecule has 3 aromatic carbocycles. The van der Waals surface area contributed by atoms with Gasteiger partial charge in [-0.25, -0.2) is 4.79 Å². The van der Waals surface area contributed by atoms with E-state index in [9.17, 15) is 19.8 Å². The molecule has 3 N–H and O–H groups in total. The first kappa shape index (κ1) is 26.3. The van der Waals surface area contributed by atoms with Crippen LogP contribution in [0.3, 0.4) is 0 Å². The molecule has 0 unspecified atom stereocenters. The van der Waals surface area contributed by atoms with Crippen LogP contribution in [0, 0.1) is 0 Å². The first-order valence-electron chi connectivity index (χ1n) is 12.6. The molecule has 0 radical (unpaired) electrons. The summed E-state index contributed by atoms with van der Waals surface area (Å²) in [6.07, 6.45) is -3.49. The third-order valence-corrected chi connectivity index (χ3v) is 6.83. The van der Waals surface area contributed by atoms with E-state index in [4.69, 9.17) is 9.47 Å². The monoisotopic (exact) mass is 527 g/mol. The van der Waals surface area contributed by atoms with Crippen LogP contribution in [0.15, 0.2) is 108 Å². The third kappa shape index (κ3) is 5.20. The summed E-state index contributed by atoms with van der Waals surface area (Å²) in [4.78, 5) is 28.6. The molecule has 0 spiro atoms. The summed E-state index contributed by atoms with van der Waals surface area (Å²) >= 11 is 0. The molecule has 5 rings (SSSR count). The van der Waals surface area contributed by atoms with E-state index in [-0.39, 0.29) is 6.61 Å². The molecule has 4 atom stereocenters. The van der Waals surface area contributed by atoms with E-state index in [2.05, 4.69) is 10.3 Å². The molecule has 39 heavy (non-hydrogen) atoms. The highest BCUT2D eigenvalue weighted by molar-refractivity contribution is 5.65. The van der Waals surface area contributed by atoms with Crippen molar-refractivity contribution in [2.45, 2.75) is 37.0 Å². The minimum Gasteiger partial charge on any atom is -0.463 e. The maximum absolute atomic E-state index is 13.2. The number of anilines is 1. The van der Waals surface area contributed by atoms with Gasteiger partial charge in [0.2, 0.25) is 0 Å². The molecule has 1 aromatic heterocycles. The highest BCUT2D eigenvalue weighted by atomic mass is 16.6. The minimum atomic E-state index is -1.42. The van der Waals surface area contributed by atoms with Crippen LogP contribution in [0.5, 0.6) is 0 Å². The standard InChI is InChI=1S/C30H29N3O6/c1-20(34)38-19-24-26(35)27(36)28(39-24)33-18-17-25(31-29(33)37)32-30(21-11-5-2-6-12-21,22-13-7-3-8-14-22)23-15-9-4-10-16-23/h2-18,24,26-28,35-36H,19H2,1H3,(H,31,32,37)/t24-,26-,27-,28-/m1/s1. The zero-order chi connectivity index (χ0) is 27.4. The van der Waals surface area contributed by atoms with Gasteiger partial charge in [-0.3, -0.25) is 9.36 Å². The normalized spacial score (nSPS) is 20.9. The van der Waals surface area contributed by atoms with Crippen molar-refractivity contribution in [3.63, 3.8) is 0 Å². The van der Waals surface area contributed by atoms with Crippen LogP contribution in [-0.2, 0) is 19.8 Å². The predicted molar refractivity (Wildman–Crippen MR) is 144 cm³/mol. The molecule has 200 valence electrons. The quantitative estimate of drug-likeness (QED) is 0.236. The molecule has 1 fully saturated rings. The molecule has 0 aliphatic carbocycles. The lowest BCUT2D eigenvalue weighted by atomic mass is 9.77. The highest BCUT2D eigenvalue weighted by Crippen LogP contribution is 2.39. The van der Waals surface area contributed by atoms with Crippen LogP contribution in [0.25, 0.3) is 0 Å². The topological polar surface area (TPSA) is 123 Å². The average Bonchev–Trinajstić information content (AvgIpc) is 3.25. The Balaban J connectivity index is 1.54. The molecule has 0 bridgehead atoms. The second-order valence-electron chi connectivity index (χ2n) is 9.32. The van der Waals surface area contributed by atoms with E-state index in [1.54, 1.807) is 6.07 Å². The minimum absolute atomic E-state index is 0.250. The van der Waals surface area contributed by atoms with Crippen molar-refractivity contribution < 1.29 is 24.5 Å². The molecule has 2 heterocycles. The first-order chi connectivity index (χ1) is 18.9. The molecule has 9 nitrogen and oxygen atoms in total. The van der Waals surface area contributed by atoms with Crippen LogP contribution in [0.2, 0.25) is 0 Å². The maximum atomic E-state index is 13.2. The van der Waals surface area contributed by atoms with Gasteiger partial charge in [-0.05, 0) is 22.8 Å². The van der Waals surface area contributed by atoms with Crippen LogP contribution >= 0.6 is 0 Å². The van der Waals surface area contributed by atoms with Crippen LogP contribution in [-0.4, -0.2) is 50.7 Å². The van der Waals surface area contributed by atoms with Gasteiger partial charge in [-0.2, -0.15) is 4.98 Å². The Kier molecular flexibility index (Phi) is 7.56. The first-order valence-corrected chi connectivity index (χ1v) is 12.6. The average molecular weight is 528 g/mol. The number of hydrogen-bond acceptors (Lipinski definition) is 8. The van der Waals surface area contributed by atoms with Gasteiger partial charge in [0, 0.05) is 13.1 Å². The number of benzene rings is 3. The van der Waals surface area contributed by atoms with Crippen molar-refractivity contribution in [3.8, 4) is 0 Å². The second kappa shape index (κ2) is 11.2. The molecule has 0 amide bonds. The summed E-state index contributed by atoms with van der Waals surface area (Å²) < 4.78 is 11.7. The number of rotatable bonds is 8. The molecular formula is C30H29N3O6. The summed E-state index contributed by atoms with van der Waals surface area (Å²) in [5.41, 5.74) is 1.26. The van der Waals surface area contributed by atoms with E-state index in [1.807, 2.05) is 91.0 Å². The Labute approximate surface area is 225 Å². The van der Waals surface area contributed by atoms with Gasteiger partial charge < -0.3 is 25.0 Å². The fourth-order valence-corrected chi connectivity index (χ4v) is 4.95. The zero-order valence-corrected chi connectivity index (χ0v) is 21.3. The van der Waals surface area contributed by atoms with Crippen LogP contribution in [0.1, 0.15) is 29.8 Å². The van der Waals surface area contributed by atoms with E-state index in [0.29, 0.717) is 5.82 Å². The van der Waals surface area contributed by atoms with E-state index < -0.39 is 41.7 Å². The van der Waals surface area contributed by atoms with Gasteiger partial charge in [0.05, 0.1) is 0 Å². The maximum Gasteiger partial charge on any atom is 0.351 e. The number of aromatic nitrogens is 2. The van der Waals surface area contributed by atoms with Crippen molar-refractivity contribution in [2.75, 3.05) is 11.9 Å². The number of aliphatic hydroxyl groups is 2. The Morgan fingerprint density at radius 3 is 1.87 bits per heavy atom. The molecular weight excluding hydrogens is 498 g/mol. The van der Waals surface area contributed by atoms with Crippen molar-refractivity contribution >= 4 is 11.8 Å². The van der Waals surface area contributed by atoms with Crippen LogP contribution in [0.4, 0.5) is 5.82 Å². The lowest BCUT2D eigenvalue weighted by Gasteiger charge is -2.37. The number of nitrogens with one attached hydrogen (secondary N) is 1. The van der Waals surface area contributed by atoms with Crippen molar-refractivity contribution in [2.24, 2.45) is 0 Å². The summed E-state index contributed by atoms with van der Waals surface area (Å²) in [5, 5.41) is 24.4. The van der Waals surface area contributed by atoms with Gasteiger partial charge in [-0.1, -0.05) is 91.0 Å². The summed E-state index contributed by atoms with van der Waals surface area (Å²) in [6.45, 7) is 0.982. The molecule has 9 heteroatoms. The second-order valence-corrected chi connectivity index (χ2v) is 9.32. The van der Waals surface area contributed by atoms with Crippen molar-refractivity contribution in [3.05, 3.63) is 130 Å². The summed E-state index contributed by atoms with van der Waals surface area (Å²) in [7, 11) is 0. The number of nitrogens with zero attached hydrogens (tertiary/aromatic N) is 2. The fourth-order valence-electron chi connectivity index (χ4n) is 4.95. The Bertz CT molecular complexity index is 1370. The lowest BCUT2D eigenvalue weighted by Crippen LogP contribution is -2.40. The predicted octanol–water partition coefficient (Wildman–Crippen LogP) is 2.83. The molecule has 1 saturated heterocycles. The van der Waals surface area contributed by atoms with Gasteiger partial charge in [0.25, 0.3) is 0 Å². The van der Waals surface area contributed by atoms with Crippen molar-refractivity contribution in [1.29, 1.82) is 0 Å². The largest absolute Gasteiger partial charge is 0.463 e. The zero-order valence-electron chi connectivity index (χ0n) is 21.3. The number of carbonyl (C=O) groups excluding carboxylic acids is 1. The molecule has 0 saturated carbocycles. The van der Waals surface area contributed by atoms with E-state index >= 15 is 0 Å². The number of aliphatic hydroxyl groups excluding tert-OH is 2. The Hall–Kier alpha value is -4.31. The molecule has 1 aliphatic heterocycles. The van der Waals surface area contributed by atoms with Gasteiger partial charge >= 0.3 is 11.7 Å². The number of ether oxygens (including phenoxy) is 2. The van der Waals surface area contributed by atoms with Crippen LogP contribution < -0.4 is 11.0 Å². The third-order valence-electron chi connectivity index (χ3n) is 6.83. The summed E-state index contributed by atoms with van der Waals surface area (Å²) in [5.74, 6) is -0.242. The number of esters is 1. The Morgan fingerprint density at radius 2 is 1.41 bits per heavy atom. The van der Waals surface area contributed by atoms with Gasteiger partial charge in [-0.15, -0.1) is 0 Å². The lowest BCUT2D eigenvalue weighted by molar-refractivity contribution is -0.147. The Morgan fingerprint density at radius 1 is 0.897 bits per heavy atom. The van der Waals surface area contributed by atoms with E-state index in [0.717, 1.165) is 21.3 Å². The number of hydrogen-bond donors (Lipinski definition) is 3. The van der Waals surface area contributed by atoms with Gasteiger partial charge in [0.1, 0.15) is 36.3 Å².